The van der Waals surface area contributed by atoms with Crippen molar-refractivity contribution in [3.63, 3.8) is 0 Å². The van der Waals surface area contributed by atoms with Crippen molar-refractivity contribution in [2.75, 3.05) is 28.2 Å². The molecular formula is C26H25N3O2S. The minimum atomic E-state index is -0.335. The number of carbonyl (C=O) groups is 2. The minimum Gasteiger partial charge on any atom is -0.372 e. The van der Waals surface area contributed by atoms with E-state index in [2.05, 4.69) is 29.3 Å². The number of piperidine rings is 1. The third-order valence-electron chi connectivity index (χ3n) is 6.15. The normalized spacial score (nSPS) is 17.4. The lowest BCUT2D eigenvalue weighted by Gasteiger charge is -2.32. The van der Waals surface area contributed by atoms with Gasteiger partial charge < -0.3 is 10.2 Å². The summed E-state index contributed by atoms with van der Waals surface area (Å²) >= 11 is 1.45. The van der Waals surface area contributed by atoms with Crippen molar-refractivity contribution in [3.05, 3.63) is 82.7 Å². The third kappa shape index (κ3) is 3.82. The molecule has 1 N–H and O–H groups in total. The van der Waals surface area contributed by atoms with Gasteiger partial charge in [-0.05, 0) is 66.6 Å². The monoisotopic (exact) mass is 443 g/mol. The van der Waals surface area contributed by atoms with Crippen molar-refractivity contribution < 1.29 is 9.59 Å². The molecule has 0 saturated carbocycles. The van der Waals surface area contributed by atoms with Gasteiger partial charge in [0.05, 0.1) is 11.3 Å². The maximum atomic E-state index is 13.4. The highest BCUT2D eigenvalue weighted by atomic mass is 32.1. The topological polar surface area (TPSA) is 52.7 Å². The van der Waals surface area contributed by atoms with E-state index < -0.39 is 0 Å². The van der Waals surface area contributed by atoms with E-state index in [0.29, 0.717) is 17.0 Å². The predicted molar refractivity (Wildman–Crippen MR) is 131 cm³/mol. The molecular weight excluding hydrogens is 418 g/mol. The fourth-order valence-electron chi connectivity index (χ4n) is 4.27. The molecule has 0 spiro atoms. The van der Waals surface area contributed by atoms with Gasteiger partial charge in [-0.3, -0.25) is 9.59 Å². The number of benzene rings is 2. The summed E-state index contributed by atoms with van der Waals surface area (Å²) in [5.74, 6) is 0.150. The van der Waals surface area contributed by atoms with Gasteiger partial charge in [-0.25, -0.2) is 4.90 Å². The number of anilines is 3. The van der Waals surface area contributed by atoms with Gasteiger partial charge in [0, 0.05) is 29.3 Å². The van der Waals surface area contributed by atoms with E-state index in [9.17, 15) is 9.59 Å². The summed E-state index contributed by atoms with van der Waals surface area (Å²) in [6, 6.07) is 21.0. The first-order valence-electron chi connectivity index (χ1n) is 11.0. The van der Waals surface area contributed by atoms with Crippen LogP contribution in [0.15, 0.2) is 77.8 Å². The fourth-order valence-corrected chi connectivity index (χ4v) is 5.04. The second kappa shape index (κ2) is 8.63. The van der Waals surface area contributed by atoms with E-state index in [1.54, 1.807) is 12.1 Å². The Labute approximate surface area is 192 Å². The molecule has 1 fully saturated rings. The van der Waals surface area contributed by atoms with Crippen LogP contribution < -0.4 is 15.1 Å². The highest BCUT2D eigenvalue weighted by Crippen LogP contribution is 2.35. The quantitative estimate of drug-likeness (QED) is 0.538. The first-order valence-corrected chi connectivity index (χ1v) is 11.8. The van der Waals surface area contributed by atoms with Gasteiger partial charge in [-0.2, -0.15) is 0 Å². The molecule has 2 aliphatic rings. The standard InChI is InChI=1S/C26H25N3O2S/c1-18-13-15-28(16-14-18)20-11-9-19(10-12-20)27-24-23(22-8-5-17-32-22)25(30)29(26(24)31)21-6-3-2-4-7-21/h2-12,17-18,27H,13-16H2,1H3. The smallest absolute Gasteiger partial charge is 0.282 e. The largest absolute Gasteiger partial charge is 0.372 e. The van der Waals surface area contributed by atoms with Crippen LogP contribution in [0.25, 0.3) is 5.57 Å². The molecule has 1 saturated heterocycles. The lowest BCUT2D eigenvalue weighted by atomic mass is 9.99. The molecule has 5 nitrogen and oxygen atoms in total. The Kier molecular flexibility index (Phi) is 5.53. The van der Waals surface area contributed by atoms with Crippen LogP contribution >= 0.6 is 11.3 Å². The maximum Gasteiger partial charge on any atom is 0.282 e. The molecule has 0 atom stereocenters. The third-order valence-corrected chi connectivity index (χ3v) is 7.04. The van der Waals surface area contributed by atoms with Gasteiger partial charge in [0.1, 0.15) is 5.70 Å². The number of rotatable bonds is 5. The lowest BCUT2D eigenvalue weighted by molar-refractivity contribution is -0.120. The highest BCUT2D eigenvalue weighted by Gasteiger charge is 2.40. The van der Waals surface area contributed by atoms with Gasteiger partial charge in [0.15, 0.2) is 0 Å². The number of para-hydroxylation sites is 1. The summed E-state index contributed by atoms with van der Waals surface area (Å²) in [7, 11) is 0. The zero-order valence-electron chi connectivity index (χ0n) is 18.0. The predicted octanol–water partition coefficient (Wildman–Crippen LogP) is 5.38. The molecule has 162 valence electrons. The number of imide groups is 1. The molecule has 2 aromatic carbocycles. The molecule has 2 amide bonds. The summed E-state index contributed by atoms with van der Waals surface area (Å²) in [5.41, 5.74) is 3.29. The molecule has 3 aromatic rings. The second-order valence-electron chi connectivity index (χ2n) is 8.35. The van der Waals surface area contributed by atoms with Crippen molar-refractivity contribution in [3.8, 4) is 0 Å². The minimum absolute atomic E-state index is 0.301. The van der Waals surface area contributed by atoms with Crippen molar-refractivity contribution in [2.24, 2.45) is 5.92 Å². The van der Waals surface area contributed by atoms with Gasteiger partial charge in [-0.15, -0.1) is 11.3 Å². The van der Waals surface area contributed by atoms with Crippen molar-refractivity contribution in [1.29, 1.82) is 0 Å². The van der Waals surface area contributed by atoms with Crippen LogP contribution in [-0.4, -0.2) is 24.9 Å². The Morgan fingerprint density at radius 3 is 2.22 bits per heavy atom. The Morgan fingerprint density at radius 1 is 0.844 bits per heavy atom. The first kappa shape index (κ1) is 20.5. The van der Waals surface area contributed by atoms with Gasteiger partial charge in [-0.1, -0.05) is 31.2 Å². The van der Waals surface area contributed by atoms with Gasteiger partial charge in [0.2, 0.25) is 0 Å². The molecule has 3 heterocycles. The molecule has 32 heavy (non-hydrogen) atoms. The van der Waals surface area contributed by atoms with Crippen LogP contribution in [0.1, 0.15) is 24.6 Å². The van der Waals surface area contributed by atoms with E-state index in [4.69, 9.17) is 0 Å². The zero-order valence-corrected chi connectivity index (χ0v) is 18.8. The molecule has 2 aliphatic heterocycles. The van der Waals surface area contributed by atoms with Gasteiger partial charge >= 0.3 is 0 Å². The number of nitrogens with zero attached hydrogens (tertiary/aromatic N) is 2. The van der Waals surface area contributed by atoms with Crippen molar-refractivity contribution >= 4 is 45.8 Å². The number of carbonyl (C=O) groups excluding carboxylic acids is 2. The average molecular weight is 444 g/mol. The molecule has 0 bridgehead atoms. The van der Waals surface area contributed by atoms with Crippen LogP contribution in [0.3, 0.4) is 0 Å². The van der Waals surface area contributed by atoms with Crippen molar-refractivity contribution in [1.82, 2.24) is 0 Å². The van der Waals surface area contributed by atoms with Gasteiger partial charge in [0.25, 0.3) is 11.8 Å². The molecule has 6 heteroatoms. The number of hydrogen-bond acceptors (Lipinski definition) is 5. The SMILES string of the molecule is CC1CCN(c2ccc(NC3=C(c4cccs4)C(=O)N(c4ccccc4)C3=O)cc2)CC1. The lowest BCUT2D eigenvalue weighted by Crippen LogP contribution is -2.32. The Hall–Kier alpha value is -3.38. The number of hydrogen-bond donors (Lipinski definition) is 1. The van der Waals surface area contributed by atoms with Crippen molar-refractivity contribution in [2.45, 2.75) is 19.8 Å². The van der Waals surface area contributed by atoms with E-state index in [-0.39, 0.29) is 11.8 Å². The summed E-state index contributed by atoms with van der Waals surface area (Å²) in [6.07, 6.45) is 2.42. The first-order chi connectivity index (χ1) is 15.6. The molecule has 1 aromatic heterocycles. The van der Waals surface area contributed by atoms with E-state index in [1.807, 2.05) is 47.8 Å². The fraction of sp³-hybridized carbons (Fsp3) is 0.231. The second-order valence-corrected chi connectivity index (χ2v) is 9.30. The molecule has 5 rings (SSSR count). The Bertz CT molecular complexity index is 1150. The molecule has 0 unspecified atom stereocenters. The van der Waals surface area contributed by atoms with E-state index >= 15 is 0 Å². The summed E-state index contributed by atoms with van der Waals surface area (Å²) in [5, 5.41) is 5.17. The summed E-state index contributed by atoms with van der Waals surface area (Å²) < 4.78 is 0. The maximum absolute atomic E-state index is 13.4. The Balaban J connectivity index is 1.44. The number of nitrogens with one attached hydrogen (secondary N) is 1. The van der Waals surface area contributed by atoms with Crippen LogP contribution in [-0.2, 0) is 9.59 Å². The van der Waals surface area contributed by atoms with Crippen LogP contribution in [0.4, 0.5) is 17.1 Å². The summed E-state index contributed by atoms with van der Waals surface area (Å²) in [4.78, 5) is 31.1. The highest BCUT2D eigenvalue weighted by molar-refractivity contribution is 7.11. The zero-order chi connectivity index (χ0) is 22.1. The Morgan fingerprint density at radius 2 is 1.56 bits per heavy atom. The van der Waals surface area contributed by atoms with Crippen LogP contribution in [0, 0.1) is 5.92 Å². The number of amides is 2. The molecule has 0 aliphatic carbocycles. The molecule has 0 radical (unpaired) electrons. The van der Waals surface area contributed by atoms with Crippen LogP contribution in [0.2, 0.25) is 0 Å². The van der Waals surface area contributed by atoms with E-state index in [1.165, 1.54) is 34.8 Å². The average Bonchev–Trinajstić information content (AvgIpc) is 3.42. The van der Waals surface area contributed by atoms with Crippen LogP contribution in [0.5, 0.6) is 0 Å². The number of thiophene rings is 1. The summed E-state index contributed by atoms with van der Waals surface area (Å²) in [6.45, 7) is 4.45. The van der Waals surface area contributed by atoms with E-state index in [0.717, 1.165) is 29.6 Å².